The van der Waals surface area contributed by atoms with Gasteiger partial charge in [-0.15, -0.1) is 0 Å². The molecule has 0 spiro atoms. The number of carbonyl (C=O) groups excluding carboxylic acids is 2. The van der Waals surface area contributed by atoms with Gasteiger partial charge in [0.1, 0.15) is 0 Å². The van der Waals surface area contributed by atoms with Crippen molar-refractivity contribution in [2.75, 3.05) is 20.3 Å². The number of aryl methyl sites for hydroxylation is 1. The first-order chi connectivity index (χ1) is 12.8. The Hall–Kier alpha value is -2.76. The molecule has 2 rings (SSSR count). The number of methoxy groups -OCH3 is 1. The smallest absolute Gasteiger partial charge is 0.338 e. The molecule has 0 radical (unpaired) electrons. The Balaban J connectivity index is 2.11. The Morgan fingerprint density at radius 3 is 2.37 bits per heavy atom. The first-order valence-electron chi connectivity index (χ1n) is 8.99. The predicted molar refractivity (Wildman–Crippen MR) is 103 cm³/mol. The number of carbonyl (C=O) groups is 2. The van der Waals surface area contributed by atoms with Gasteiger partial charge in [-0.25, -0.2) is 4.79 Å². The van der Waals surface area contributed by atoms with Gasteiger partial charge in [0.05, 0.1) is 19.3 Å². The van der Waals surface area contributed by atoms with E-state index in [9.17, 15) is 9.59 Å². The second-order valence-corrected chi connectivity index (χ2v) is 6.55. The van der Waals surface area contributed by atoms with Crippen molar-refractivity contribution in [3.63, 3.8) is 0 Å². The van der Waals surface area contributed by atoms with Gasteiger partial charge in [0, 0.05) is 23.0 Å². The number of ether oxygens (including phenoxy) is 3. The lowest BCUT2D eigenvalue weighted by Crippen LogP contribution is -2.15. The van der Waals surface area contributed by atoms with Gasteiger partial charge < -0.3 is 18.8 Å². The SMILES string of the molecule is CCOc1cc(C(=O)OCC(=O)c2cc(C)n(C(C)C)c2C)ccc1OC. The molecular formula is C21H27NO5. The molecule has 0 N–H and O–H groups in total. The van der Waals surface area contributed by atoms with Crippen LogP contribution in [0.2, 0.25) is 0 Å². The maximum Gasteiger partial charge on any atom is 0.338 e. The maximum atomic E-state index is 12.5. The van der Waals surface area contributed by atoms with E-state index in [4.69, 9.17) is 14.2 Å². The van der Waals surface area contributed by atoms with Crippen LogP contribution in [0, 0.1) is 13.8 Å². The summed E-state index contributed by atoms with van der Waals surface area (Å²) in [4.78, 5) is 24.8. The van der Waals surface area contributed by atoms with Gasteiger partial charge in [-0.1, -0.05) is 0 Å². The Morgan fingerprint density at radius 1 is 1.11 bits per heavy atom. The van der Waals surface area contributed by atoms with Crippen molar-refractivity contribution in [3.05, 3.63) is 46.8 Å². The van der Waals surface area contributed by atoms with E-state index in [1.54, 1.807) is 18.2 Å². The van der Waals surface area contributed by atoms with Crippen molar-refractivity contribution >= 4 is 11.8 Å². The summed E-state index contributed by atoms with van der Waals surface area (Å²) in [5, 5.41) is 0. The van der Waals surface area contributed by atoms with Gasteiger partial charge in [0.25, 0.3) is 0 Å². The molecule has 0 fully saturated rings. The molecule has 0 bridgehead atoms. The van der Waals surface area contributed by atoms with Crippen LogP contribution in [0.4, 0.5) is 0 Å². The van der Waals surface area contributed by atoms with Gasteiger partial charge in [-0.2, -0.15) is 0 Å². The summed E-state index contributed by atoms with van der Waals surface area (Å²) in [5.74, 6) is 0.193. The third kappa shape index (κ3) is 4.51. The summed E-state index contributed by atoms with van der Waals surface area (Å²) in [6, 6.07) is 6.87. The molecule has 0 unspecified atom stereocenters. The van der Waals surface area contributed by atoms with E-state index in [1.807, 2.05) is 26.8 Å². The maximum absolute atomic E-state index is 12.5. The number of Topliss-reactive ketones (excluding diaryl/α,β-unsaturated/α-hetero) is 1. The monoisotopic (exact) mass is 373 g/mol. The lowest BCUT2D eigenvalue weighted by atomic mass is 10.1. The van der Waals surface area contributed by atoms with E-state index >= 15 is 0 Å². The molecule has 1 aromatic carbocycles. The predicted octanol–water partition coefficient (Wildman–Crippen LogP) is 4.13. The zero-order valence-electron chi connectivity index (χ0n) is 16.8. The minimum Gasteiger partial charge on any atom is -0.493 e. The second kappa shape index (κ2) is 8.75. The number of nitrogens with zero attached hydrogens (tertiary/aromatic N) is 1. The fourth-order valence-corrected chi connectivity index (χ4v) is 3.22. The molecule has 0 aliphatic carbocycles. The largest absolute Gasteiger partial charge is 0.493 e. The number of aromatic nitrogens is 1. The average Bonchev–Trinajstić information content (AvgIpc) is 2.94. The molecule has 146 valence electrons. The molecule has 0 atom stereocenters. The third-order valence-electron chi connectivity index (χ3n) is 4.33. The van der Waals surface area contributed by atoms with Crippen molar-refractivity contribution in [1.82, 2.24) is 4.57 Å². The second-order valence-electron chi connectivity index (χ2n) is 6.55. The molecule has 0 amide bonds. The quantitative estimate of drug-likeness (QED) is 0.514. The van der Waals surface area contributed by atoms with Gasteiger partial charge >= 0.3 is 5.97 Å². The molecule has 27 heavy (non-hydrogen) atoms. The summed E-state index contributed by atoms with van der Waals surface area (Å²) in [6.07, 6.45) is 0. The number of esters is 1. The van der Waals surface area contributed by atoms with Crippen LogP contribution in [-0.4, -0.2) is 36.6 Å². The van der Waals surface area contributed by atoms with Crippen LogP contribution in [0.3, 0.4) is 0 Å². The molecule has 0 aliphatic heterocycles. The zero-order valence-corrected chi connectivity index (χ0v) is 16.8. The molecular weight excluding hydrogens is 346 g/mol. The average molecular weight is 373 g/mol. The van der Waals surface area contributed by atoms with E-state index in [2.05, 4.69) is 18.4 Å². The first-order valence-corrected chi connectivity index (χ1v) is 8.99. The highest BCUT2D eigenvalue weighted by Crippen LogP contribution is 2.28. The molecule has 1 heterocycles. The molecule has 0 saturated heterocycles. The highest BCUT2D eigenvalue weighted by molar-refractivity contribution is 6.00. The fourth-order valence-electron chi connectivity index (χ4n) is 3.22. The summed E-state index contributed by atoms with van der Waals surface area (Å²) >= 11 is 0. The van der Waals surface area contributed by atoms with Crippen LogP contribution in [-0.2, 0) is 4.74 Å². The molecule has 6 heteroatoms. The van der Waals surface area contributed by atoms with Gasteiger partial charge in [0.2, 0.25) is 5.78 Å². The van der Waals surface area contributed by atoms with Gasteiger partial charge in [0.15, 0.2) is 18.1 Å². The molecule has 0 saturated carbocycles. The standard InChI is InChI=1S/C21H27NO5/c1-7-26-20-11-16(8-9-19(20)25-6)21(24)27-12-18(23)17-10-14(4)22(13(2)3)15(17)5/h8-11,13H,7,12H2,1-6H3. The van der Waals surface area contributed by atoms with Crippen molar-refractivity contribution < 1.29 is 23.8 Å². The van der Waals surface area contributed by atoms with Crippen LogP contribution in [0.5, 0.6) is 11.5 Å². The summed E-state index contributed by atoms with van der Waals surface area (Å²) in [5.41, 5.74) is 2.78. The minimum absolute atomic E-state index is 0.220. The lowest BCUT2D eigenvalue weighted by Gasteiger charge is -2.13. The van der Waals surface area contributed by atoms with Crippen LogP contribution < -0.4 is 9.47 Å². The fraction of sp³-hybridized carbons (Fsp3) is 0.429. The van der Waals surface area contributed by atoms with Crippen molar-refractivity contribution in [2.45, 2.75) is 40.7 Å². The van der Waals surface area contributed by atoms with E-state index in [0.29, 0.717) is 29.2 Å². The lowest BCUT2D eigenvalue weighted by molar-refractivity contribution is 0.0474. The third-order valence-corrected chi connectivity index (χ3v) is 4.33. The van der Waals surface area contributed by atoms with Crippen molar-refractivity contribution in [3.8, 4) is 11.5 Å². The molecule has 6 nitrogen and oxygen atoms in total. The topological polar surface area (TPSA) is 66.8 Å². The van der Waals surface area contributed by atoms with Crippen LogP contribution >= 0.6 is 0 Å². The Labute approximate surface area is 160 Å². The van der Waals surface area contributed by atoms with Crippen LogP contribution in [0.15, 0.2) is 24.3 Å². The van der Waals surface area contributed by atoms with E-state index in [-0.39, 0.29) is 18.4 Å². The number of hydrogen-bond acceptors (Lipinski definition) is 5. The highest BCUT2D eigenvalue weighted by atomic mass is 16.5. The van der Waals surface area contributed by atoms with Crippen molar-refractivity contribution in [1.29, 1.82) is 0 Å². The van der Waals surface area contributed by atoms with E-state index < -0.39 is 5.97 Å². The number of ketones is 1. The van der Waals surface area contributed by atoms with E-state index in [1.165, 1.54) is 7.11 Å². The molecule has 2 aromatic rings. The van der Waals surface area contributed by atoms with Crippen LogP contribution in [0.25, 0.3) is 0 Å². The Bertz CT molecular complexity index is 835. The number of hydrogen-bond donors (Lipinski definition) is 0. The van der Waals surface area contributed by atoms with Gasteiger partial charge in [-0.3, -0.25) is 4.79 Å². The van der Waals surface area contributed by atoms with Gasteiger partial charge in [-0.05, 0) is 58.9 Å². The number of rotatable bonds is 8. The summed E-state index contributed by atoms with van der Waals surface area (Å²) in [7, 11) is 1.53. The normalized spacial score (nSPS) is 10.8. The minimum atomic E-state index is -0.579. The Morgan fingerprint density at radius 2 is 1.81 bits per heavy atom. The zero-order chi connectivity index (χ0) is 20.1. The van der Waals surface area contributed by atoms with E-state index in [0.717, 1.165) is 11.4 Å². The van der Waals surface area contributed by atoms with Crippen LogP contribution in [0.1, 0.15) is 58.9 Å². The molecule has 1 aromatic heterocycles. The summed E-state index contributed by atoms with van der Waals surface area (Å²) in [6.45, 7) is 9.97. The molecule has 0 aliphatic rings. The summed E-state index contributed by atoms with van der Waals surface area (Å²) < 4.78 is 18.0. The first kappa shape index (κ1) is 20.6. The Kier molecular flexibility index (Phi) is 6.66. The van der Waals surface area contributed by atoms with Crippen molar-refractivity contribution in [2.24, 2.45) is 0 Å². The highest BCUT2D eigenvalue weighted by Gasteiger charge is 2.19. The number of benzene rings is 1.